The number of urea groups is 1. The molecule has 0 atom stereocenters. The number of benzene rings is 1. The van der Waals surface area contributed by atoms with Gasteiger partial charge in [-0.2, -0.15) is 0 Å². The van der Waals surface area contributed by atoms with Crippen molar-refractivity contribution in [2.75, 3.05) is 26.3 Å². The lowest BCUT2D eigenvalue weighted by Gasteiger charge is -2.27. The van der Waals surface area contributed by atoms with Crippen LogP contribution in [0, 0.1) is 5.82 Å². The van der Waals surface area contributed by atoms with Crippen LogP contribution in [0.4, 0.5) is 9.18 Å². The predicted molar refractivity (Wildman–Crippen MR) is 68.9 cm³/mol. The monoisotopic (exact) mass is 267 g/mol. The average molecular weight is 267 g/mol. The van der Waals surface area contributed by atoms with Crippen LogP contribution < -0.4 is 11.1 Å². The number of ether oxygens (including phenoxy) is 1. The first kappa shape index (κ1) is 13.8. The van der Waals surface area contributed by atoms with Gasteiger partial charge in [0, 0.05) is 31.7 Å². The minimum atomic E-state index is -0.342. The Bertz CT molecular complexity index is 448. The van der Waals surface area contributed by atoms with Crippen LogP contribution in [0.1, 0.15) is 11.1 Å². The molecule has 1 aromatic rings. The van der Waals surface area contributed by atoms with Crippen molar-refractivity contribution in [1.29, 1.82) is 0 Å². The molecule has 0 radical (unpaired) electrons. The zero-order chi connectivity index (χ0) is 13.7. The Labute approximate surface area is 111 Å². The number of carbonyl (C=O) groups excluding carboxylic acids is 1. The molecule has 2 rings (SSSR count). The second-order valence-electron chi connectivity index (χ2n) is 4.39. The summed E-state index contributed by atoms with van der Waals surface area (Å²) in [5.74, 6) is -0.342. The molecule has 19 heavy (non-hydrogen) atoms. The van der Waals surface area contributed by atoms with Gasteiger partial charge in [0.15, 0.2) is 0 Å². The van der Waals surface area contributed by atoms with Gasteiger partial charge >= 0.3 is 6.03 Å². The molecule has 0 aliphatic carbocycles. The fraction of sp³-hybridized carbons (Fsp3) is 0.462. The van der Waals surface area contributed by atoms with Crippen LogP contribution in [0.2, 0.25) is 0 Å². The first-order chi connectivity index (χ1) is 9.20. The van der Waals surface area contributed by atoms with Crippen molar-refractivity contribution in [3.8, 4) is 0 Å². The first-order valence-electron chi connectivity index (χ1n) is 6.28. The predicted octanol–water partition coefficient (Wildman–Crippen LogP) is 0.826. The molecule has 1 aliphatic heterocycles. The third kappa shape index (κ3) is 3.65. The second-order valence-corrected chi connectivity index (χ2v) is 4.39. The molecule has 1 aromatic carbocycles. The maximum atomic E-state index is 13.7. The van der Waals surface area contributed by atoms with Gasteiger partial charge in [-0.1, -0.05) is 12.1 Å². The minimum Gasteiger partial charge on any atom is -0.378 e. The second kappa shape index (κ2) is 6.49. The molecule has 0 aromatic heterocycles. The molecule has 1 heterocycles. The number of amides is 2. The fourth-order valence-corrected chi connectivity index (χ4v) is 1.91. The van der Waals surface area contributed by atoms with E-state index in [1.165, 1.54) is 6.07 Å². The fourth-order valence-electron chi connectivity index (χ4n) is 1.91. The van der Waals surface area contributed by atoms with Crippen molar-refractivity contribution in [3.05, 3.63) is 35.1 Å². The van der Waals surface area contributed by atoms with Crippen LogP contribution in [0.15, 0.2) is 18.2 Å². The summed E-state index contributed by atoms with van der Waals surface area (Å²) in [6.45, 7) is 2.71. The van der Waals surface area contributed by atoms with Crippen molar-refractivity contribution >= 4 is 6.03 Å². The Morgan fingerprint density at radius 2 is 2.16 bits per heavy atom. The van der Waals surface area contributed by atoms with Gasteiger partial charge in [0.05, 0.1) is 13.2 Å². The maximum absolute atomic E-state index is 13.7. The number of nitrogens with zero attached hydrogens (tertiary/aromatic N) is 1. The van der Waals surface area contributed by atoms with Gasteiger partial charge in [0.25, 0.3) is 0 Å². The van der Waals surface area contributed by atoms with Gasteiger partial charge in [0.2, 0.25) is 0 Å². The summed E-state index contributed by atoms with van der Waals surface area (Å²) < 4.78 is 18.9. The Kier molecular flexibility index (Phi) is 4.70. The quantitative estimate of drug-likeness (QED) is 0.852. The van der Waals surface area contributed by atoms with Crippen LogP contribution in [0.5, 0.6) is 0 Å². The van der Waals surface area contributed by atoms with E-state index in [1.807, 2.05) is 0 Å². The van der Waals surface area contributed by atoms with Crippen molar-refractivity contribution < 1.29 is 13.9 Å². The van der Waals surface area contributed by atoms with Crippen LogP contribution in [-0.4, -0.2) is 37.2 Å². The standard InChI is InChI=1S/C13H18FN3O2/c14-12-7-10(8-15)1-2-11(12)9-16-13(18)17-3-5-19-6-4-17/h1-2,7H,3-6,8-9,15H2,(H,16,18). The summed E-state index contributed by atoms with van der Waals surface area (Å²) in [7, 11) is 0. The number of halogens is 1. The lowest BCUT2D eigenvalue weighted by atomic mass is 10.1. The molecule has 5 nitrogen and oxygen atoms in total. The van der Waals surface area contributed by atoms with Crippen molar-refractivity contribution in [2.24, 2.45) is 5.73 Å². The van der Waals surface area contributed by atoms with Gasteiger partial charge in [-0.05, 0) is 11.6 Å². The molecular weight excluding hydrogens is 249 g/mol. The van der Waals surface area contributed by atoms with Crippen molar-refractivity contribution in [1.82, 2.24) is 10.2 Å². The van der Waals surface area contributed by atoms with E-state index in [1.54, 1.807) is 17.0 Å². The number of hydrogen-bond acceptors (Lipinski definition) is 3. The largest absolute Gasteiger partial charge is 0.378 e. The molecule has 2 amide bonds. The Morgan fingerprint density at radius 1 is 1.42 bits per heavy atom. The number of nitrogens with two attached hydrogens (primary N) is 1. The average Bonchev–Trinajstić information content (AvgIpc) is 2.46. The van der Waals surface area contributed by atoms with Crippen molar-refractivity contribution in [3.63, 3.8) is 0 Å². The van der Waals surface area contributed by atoms with Gasteiger partial charge < -0.3 is 20.7 Å². The van der Waals surface area contributed by atoms with Crippen LogP contribution >= 0.6 is 0 Å². The van der Waals surface area contributed by atoms with Gasteiger partial charge in [-0.15, -0.1) is 0 Å². The Balaban J connectivity index is 1.89. The number of rotatable bonds is 3. The van der Waals surface area contributed by atoms with Crippen molar-refractivity contribution in [2.45, 2.75) is 13.1 Å². The summed E-state index contributed by atoms with van der Waals surface area (Å²) in [6.07, 6.45) is 0. The molecule has 1 aliphatic rings. The smallest absolute Gasteiger partial charge is 0.317 e. The van der Waals surface area contributed by atoms with E-state index in [-0.39, 0.29) is 18.4 Å². The van der Waals surface area contributed by atoms with Crippen LogP contribution in [0.25, 0.3) is 0 Å². The molecule has 0 spiro atoms. The molecule has 1 saturated heterocycles. The lowest BCUT2D eigenvalue weighted by molar-refractivity contribution is 0.0531. The molecule has 0 unspecified atom stereocenters. The highest BCUT2D eigenvalue weighted by atomic mass is 19.1. The highest BCUT2D eigenvalue weighted by Crippen LogP contribution is 2.10. The van der Waals surface area contributed by atoms with Gasteiger partial charge in [0.1, 0.15) is 5.82 Å². The number of hydrogen-bond donors (Lipinski definition) is 2. The SMILES string of the molecule is NCc1ccc(CNC(=O)N2CCOCC2)c(F)c1. The zero-order valence-corrected chi connectivity index (χ0v) is 10.7. The molecule has 6 heteroatoms. The third-order valence-electron chi connectivity index (χ3n) is 3.08. The Hall–Kier alpha value is -1.66. The molecular formula is C13H18FN3O2. The van der Waals surface area contributed by atoms with Crippen LogP contribution in [0.3, 0.4) is 0 Å². The maximum Gasteiger partial charge on any atom is 0.317 e. The number of carbonyl (C=O) groups is 1. The summed E-state index contributed by atoms with van der Waals surface area (Å²) in [5, 5.41) is 2.71. The molecule has 104 valence electrons. The van der Waals surface area contributed by atoms with E-state index >= 15 is 0 Å². The van der Waals surface area contributed by atoms with E-state index in [2.05, 4.69) is 5.32 Å². The first-order valence-corrected chi connectivity index (χ1v) is 6.28. The third-order valence-corrected chi connectivity index (χ3v) is 3.08. The summed E-state index contributed by atoms with van der Waals surface area (Å²) in [4.78, 5) is 13.5. The highest BCUT2D eigenvalue weighted by molar-refractivity contribution is 5.74. The van der Waals surface area contributed by atoms with E-state index in [9.17, 15) is 9.18 Å². The van der Waals surface area contributed by atoms with E-state index in [0.29, 0.717) is 38.4 Å². The molecule has 3 N–H and O–H groups in total. The molecule has 0 bridgehead atoms. The van der Waals surface area contributed by atoms with Gasteiger partial charge in [-0.3, -0.25) is 0 Å². The minimum absolute atomic E-state index is 0.173. The van der Waals surface area contributed by atoms with E-state index in [4.69, 9.17) is 10.5 Å². The van der Waals surface area contributed by atoms with E-state index in [0.717, 1.165) is 5.56 Å². The molecule has 0 saturated carbocycles. The number of nitrogens with one attached hydrogen (secondary N) is 1. The number of morpholine rings is 1. The van der Waals surface area contributed by atoms with E-state index < -0.39 is 0 Å². The molecule has 1 fully saturated rings. The topological polar surface area (TPSA) is 67.6 Å². The summed E-state index contributed by atoms with van der Waals surface area (Å²) >= 11 is 0. The zero-order valence-electron chi connectivity index (χ0n) is 10.7. The van der Waals surface area contributed by atoms with Gasteiger partial charge in [-0.25, -0.2) is 9.18 Å². The summed E-state index contributed by atoms with van der Waals surface area (Å²) in [5.41, 5.74) is 6.63. The normalized spacial score (nSPS) is 15.4. The van der Waals surface area contributed by atoms with Crippen LogP contribution in [-0.2, 0) is 17.8 Å². The highest BCUT2D eigenvalue weighted by Gasteiger charge is 2.16. The summed E-state index contributed by atoms with van der Waals surface area (Å²) in [6, 6.07) is 4.62. The Morgan fingerprint density at radius 3 is 2.79 bits per heavy atom. The lowest BCUT2D eigenvalue weighted by Crippen LogP contribution is -2.45.